The summed E-state index contributed by atoms with van der Waals surface area (Å²) in [6, 6.07) is -1.10. The van der Waals surface area contributed by atoms with Crippen LogP contribution in [-0.4, -0.2) is 41.9 Å². The molecule has 7 heteroatoms. The Kier molecular flexibility index (Phi) is 33.1. The fourth-order valence-electron chi connectivity index (χ4n) is 4.92. The van der Waals surface area contributed by atoms with Crippen LogP contribution in [0.15, 0.2) is 97.2 Å². The first-order valence-corrected chi connectivity index (χ1v) is 20.5. The van der Waals surface area contributed by atoms with Gasteiger partial charge in [-0.05, 0) is 89.9 Å². The molecule has 3 N–H and O–H groups in total. The smallest absolute Gasteiger partial charge is 0.267 e. The van der Waals surface area contributed by atoms with Crippen molar-refractivity contribution in [3.05, 3.63) is 97.2 Å². The van der Waals surface area contributed by atoms with Gasteiger partial charge in [-0.3, -0.25) is 9.35 Å². The Hall–Kier alpha value is -2.74. The van der Waals surface area contributed by atoms with Gasteiger partial charge in [-0.1, -0.05) is 143 Å². The van der Waals surface area contributed by atoms with E-state index >= 15 is 0 Å². The maximum absolute atomic E-state index is 12.5. The van der Waals surface area contributed by atoms with Crippen LogP contribution >= 0.6 is 0 Å². The lowest BCUT2D eigenvalue weighted by molar-refractivity contribution is -0.122. The monoisotopic (exact) mass is 699 g/mol. The molecule has 0 rings (SSSR count). The number of hydrogen-bond acceptors (Lipinski definition) is 4. The van der Waals surface area contributed by atoms with E-state index in [1.54, 1.807) is 6.08 Å². The third-order valence-corrected chi connectivity index (χ3v) is 8.50. The Balaban J connectivity index is 4.09. The van der Waals surface area contributed by atoms with Crippen LogP contribution in [0.3, 0.4) is 0 Å². The van der Waals surface area contributed by atoms with Crippen LogP contribution in [-0.2, 0) is 14.9 Å². The predicted molar refractivity (Wildman–Crippen MR) is 211 cm³/mol. The number of carbonyl (C=O) groups excluding carboxylic acids is 1. The fourth-order valence-corrected chi connectivity index (χ4v) is 5.65. The zero-order chi connectivity index (χ0) is 36.1. The van der Waals surface area contributed by atoms with Crippen molar-refractivity contribution >= 4 is 16.0 Å². The Morgan fingerprint density at radius 3 is 1.53 bits per heavy atom. The summed E-state index contributed by atoms with van der Waals surface area (Å²) in [5.74, 6) is -1.05. The normalized spacial score (nSPS) is 14.4. The molecule has 6 nitrogen and oxygen atoms in total. The molecule has 2 unspecified atom stereocenters. The Bertz CT molecular complexity index is 1130. The molecule has 1 amide bonds. The number of nitrogens with one attached hydrogen (secondary N) is 1. The number of carbonyl (C=O) groups is 1. The minimum absolute atomic E-state index is 0.256. The second kappa shape index (κ2) is 35.1. The highest BCUT2D eigenvalue weighted by Crippen LogP contribution is 2.10. The lowest BCUT2D eigenvalue weighted by Gasteiger charge is -2.21. The van der Waals surface area contributed by atoms with Gasteiger partial charge in [0.15, 0.2) is 0 Å². The van der Waals surface area contributed by atoms with Gasteiger partial charge in [0.1, 0.15) is 0 Å². The van der Waals surface area contributed by atoms with Gasteiger partial charge in [-0.2, -0.15) is 8.42 Å². The van der Waals surface area contributed by atoms with Crippen LogP contribution in [0.25, 0.3) is 0 Å². The van der Waals surface area contributed by atoms with E-state index in [-0.39, 0.29) is 12.3 Å². The van der Waals surface area contributed by atoms with Gasteiger partial charge < -0.3 is 10.4 Å². The predicted octanol–water partition coefficient (Wildman–Crippen LogP) is 11.0. The summed E-state index contributed by atoms with van der Waals surface area (Å²) in [6.07, 6.45) is 52.4. The molecule has 2 atom stereocenters. The molecule has 0 heterocycles. The molecule has 0 aliphatic rings. The summed E-state index contributed by atoms with van der Waals surface area (Å²) in [4.78, 5) is 12.5. The number of unbranched alkanes of at least 4 members (excludes halogenated alkanes) is 10. The molecule has 0 aliphatic carbocycles. The fraction of sp³-hybridized carbons (Fsp3) is 0.595. The summed E-state index contributed by atoms with van der Waals surface area (Å²) < 4.78 is 32.4. The van der Waals surface area contributed by atoms with Crippen LogP contribution in [0.5, 0.6) is 0 Å². The lowest BCUT2D eigenvalue weighted by atomic mass is 10.1. The number of hydrogen-bond donors (Lipinski definition) is 3. The van der Waals surface area contributed by atoms with Crippen molar-refractivity contribution in [2.24, 2.45) is 0 Å². The van der Waals surface area contributed by atoms with Gasteiger partial charge in [0, 0.05) is 6.42 Å². The largest absolute Gasteiger partial charge is 0.387 e. The SMILES string of the molecule is CC/C=C\C/C=C\C/C=C\C/C=C\C/C=C\CCCCCCCC(=O)NC(CS(=O)(=O)O)C(O)/C=C/CC/C=C/CC/C=C/CCCCC. The molecular formula is C42H69NO5S. The van der Waals surface area contributed by atoms with E-state index in [1.807, 2.05) is 0 Å². The van der Waals surface area contributed by atoms with Gasteiger partial charge >= 0.3 is 0 Å². The minimum atomic E-state index is -4.37. The maximum Gasteiger partial charge on any atom is 0.267 e. The number of aliphatic hydroxyl groups is 1. The highest BCUT2D eigenvalue weighted by Gasteiger charge is 2.24. The average molecular weight is 700 g/mol. The molecule has 0 radical (unpaired) electrons. The van der Waals surface area contributed by atoms with Crippen molar-refractivity contribution in [3.63, 3.8) is 0 Å². The maximum atomic E-state index is 12.5. The summed E-state index contributed by atoms with van der Waals surface area (Å²) in [7, 11) is -4.37. The molecular weight excluding hydrogens is 631 g/mol. The molecule has 0 aliphatic heterocycles. The second-order valence-electron chi connectivity index (χ2n) is 12.4. The zero-order valence-electron chi connectivity index (χ0n) is 30.8. The third kappa shape index (κ3) is 36.4. The summed E-state index contributed by atoms with van der Waals surface area (Å²) >= 11 is 0. The van der Waals surface area contributed by atoms with Crippen molar-refractivity contribution in [2.75, 3.05) is 5.75 Å². The van der Waals surface area contributed by atoms with Gasteiger partial charge in [-0.15, -0.1) is 0 Å². The molecule has 0 saturated carbocycles. The quantitative estimate of drug-likeness (QED) is 0.0368. The van der Waals surface area contributed by atoms with Gasteiger partial charge in [0.25, 0.3) is 10.1 Å². The Morgan fingerprint density at radius 1 is 0.571 bits per heavy atom. The molecule has 0 fully saturated rings. The summed E-state index contributed by atoms with van der Waals surface area (Å²) in [5, 5.41) is 13.1. The van der Waals surface area contributed by atoms with Gasteiger partial charge in [-0.25, -0.2) is 0 Å². The van der Waals surface area contributed by atoms with E-state index in [2.05, 4.69) is 104 Å². The molecule has 0 aromatic carbocycles. The zero-order valence-corrected chi connectivity index (χ0v) is 31.6. The molecule has 0 bridgehead atoms. The van der Waals surface area contributed by atoms with E-state index in [1.165, 1.54) is 25.3 Å². The van der Waals surface area contributed by atoms with E-state index < -0.39 is 28.0 Å². The second-order valence-corrected chi connectivity index (χ2v) is 13.9. The lowest BCUT2D eigenvalue weighted by Crippen LogP contribution is -2.46. The molecule has 278 valence electrons. The molecule has 0 spiro atoms. The topological polar surface area (TPSA) is 104 Å². The van der Waals surface area contributed by atoms with E-state index in [0.717, 1.165) is 89.9 Å². The number of amides is 1. The highest BCUT2D eigenvalue weighted by molar-refractivity contribution is 7.85. The third-order valence-electron chi connectivity index (χ3n) is 7.72. The number of aliphatic hydroxyl groups excluding tert-OH is 1. The van der Waals surface area contributed by atoms with Crippen molar-refractivity contribution in [1.82, 2.24) is 5.32 Å². The van der Waals surface area contributed by atoms with Crippen LogP contribution in [0.1, 0.15) is 142 Å². The Labute approximate surface area is 300 Å². The number of allylic oxidation sites excluding steroid dienone is 15. The summed E-state index contributed by atoms with van der Waals surface area (Å²) in [5.41, 5.74) is 0. The van der Waals surface area contributed by atoms with E-state index in [4.69, 9.17) is 0 Å². The standard InChI is InChI=1S/C42H69NO5S/c1-3-5-7-9-11-13-15-17-18-19-20-21-22-23-24-26-28-30-32-34-36-38-42(45)43-40(39-49(46,47)48)41(44)37-35-33-31-29-27-25-16-14-12-10-8-6-4-2/h5,7,11-14,17-18,20-21,23-24,27,29,35,37,40-41,44H,3-4,6,8-10,15-16,19,22,25-26,28,30-34,36,38-39H2,1-2H3,(H,43,45)(H,46,47,48)/b7-5-,13-11-,14-12+,18-17-,21-20-,24-23-,29-27+,37-35+. The minimum Gasteiger partial charge on any atom is -0.387 e. The van der Waals surface area contributed by atoms with Crippen LogP contribution in [0, 0.1) is 0 Å². The summed E-state index contributed by atoms with van der Waals surface area (Å²) in [6.45, 7) is 4.35. The van der Waals surface area contributed by atoms with Crippen molar-refractivity contribution in [2.45, 2.75) is 154 Å². The van der Waals surface area contributed by atoms with Gasteiger partial charge in [0.05, 0.1) is 17.9 Å². The van der Waals surface area contributed by atoms with Crippen molar-refractivity contribution in [3.8, 4) is 0 Å². The van der Waals surface area contributed by atoms with E-state index in [9.17, 15) is 22.9 Å². The van der Waals surface area contributed by atoms with Crippen LogP contribution in [0.2, 0.25) is 0 Å². The first-order valence-electron chi connectivity index (χ1n) is 18.9. The molecule has 49 heavy (non-hydrogen) atoms. The van der Waals surface area contributed by atoms with Crippen molar-refractivity contribution < 1.29 is 22.9 Å². The van der Waals surface area contributed by atoms with Crippen molar-refractivity contribution in [1.29, 1.82) is 0 Å². The van der Waals surface area contributed by atoms with Crippen LogP contribution in [0.4, 0.5) is 0 Å². The first kappa shape index (κ1) is 46.3. The average Bonchev–Trinajstić information content (AvgIpc) is 3.06. The highest BCUT2D eigenvalue weighted by atomic mass is 32.2. The van der Waals surface area contributed by atoms with Gasteiger partial charge in [0.2, 0.25) is 5.91 Å². The molecule has 0 aromatic heterocycles. The molecule has 0 aromatic rings. The first-order chi connectivity index (χ1) is 23.8. The van der Waals surface area contributed by atoms with E-state index in [0.29, 0.717) is 12.8 Å². The molecule has 0 saturated heterocycles. The van der Waals surface area contributed by atoms with Crippen LogP contribution < -0.4 is 5.32 Å². The Morgan fingerprint density at radius 2 is 1.00 bits per heavy atom. The number of rotatable bonds is 32.